The zero-order chi connectivity index (χ0) is 31.3. The molecule has 0 aromatic heterocycles. The molecule has 0 saturated carbocycles. The molecule has 2 bridgehead atoms. The van der Waals surface area contributed by atoms with Crippen LogP contribution in [0.2, 0.25) is 0 Å². The number of carbonyl (C=O) groups is 4. The highest BCUT2D eigenvalue weighted by molar-refractivity contribution is 5.99. The lowest BCUT2D eigenvalue weighted by Gasteiger charge is -2.40. The zero-order valence-electron chi connectivity index (χ0n) is 25.4. The number of allylic oxidation sites excluding steroid dienone is 1. The predicted molar refractivity (Wildman–Crippen MR) is 160 cm³/mol. The summed E-state index contributed by atoms with van der Waals surface area (Å²) >= 11 is 0. The van der Waals surface area contributed by atoms with Crippen molar-refractivity contribution in [1.82, 2.24) is 15.1 Å². The number of ether oxygens (including phenoxy) is 2. The molecule has 3 aliphatic rings. The number of rotatable bonds is 15. The van der Waals surface area contributed by atoms with Crippen LogP contribution in [-0.2, 0) is 28.7 Å². The summed E-state index contributed by atoms with van der Waals surface area (Å²) in [6.07, 6.45) is 4.82. The van der Waals surface area contributed by atoms with E-state index in [0.29, 0.717) is 32.2 Å². The van der Waals surface area contributed by atoms with Crippen molar-refractivity contribution in [2.45, 2.75) is 88.7 Å². The van der Waals surface area contributed by atoms with Gasteiger partial charge in [0, 0.05) is 19.0 Å². The number of nitrogens with zero attached hydrogens (tertiary/aromatic N) is 2. The Balaban J connectivity index is 1.66. The summed E-state index contributed by atoms with van der Waals surface area (Å²) in [4.78, 5) is 58.0. The number of carbonyl (C=O) groups excluding carboxylic acids is 4. The van der Waals surface area contributed by atoms with Crippen LogP contribution in [0, 0.1) is 11.8 Å². The maximum absolute atomic E-state index is 14.3. The number of likely N-dealkylation sites (tertiary alicyclic amines) is 1. The Hall–Kier alpha value is -3.50. The minimum atomic E-state index is -1.18. The second kappa shape index (κ2) is 13.9. The van der Waals surface area contributed by atoms with Gasteiger partial charge in [0.2, 0.25) is 17.7 Å². The van der Waals surface area contributed by atoms with Crippen molar-refractivity contribution in [2.75, 3.05) is 19.8 Å². The molecular weight excluding hydrogens is 550 g/mol. The molecule has 43 heavy (non-hydrogen) atoms. The van der Waals surface area contributed by atoms with Crippen molar-refractivity contribution < 1.29 is 33.8 Å². The molecule has 1 spiro atoms. The van der Waals surface area contributed by atoms with E-state index >= 15 is 0 Å². The second-order valence-corrected chi connectivity index (χ2v) is 11.9. The molecule has 3 saturated heterocycles. The maximum atomic E-state index is 14.3. The quantitative estimate of drug-likeness (QED) is 0.236. The Bertz CT molecular complexity index is 1200. The fraction of sp³-hybridized carbons (Fsp3) is 0.576. The lowest BCUT2D eigenvalue weighted by atomic mass is 9.70. The van der Waals surface area contributed by atoms with Gasteiger partial charge in [0.25, 0.3) is 0 Å². The number of aliphatic hydroxyl groups excluding tert-OH is 1. The van der Waals surface area contributed by atoms with Gasteiger partial charge in [-0.3, -0.25) is 19.2 Å². The van der Waals surface area contributed by atoms with E-state index in [1.54, 1.807) is 17.1 Å². The number of amides is 3. The van der Waals surface area contributed by atoms with Gasteiger partial charge in [0.15, 0.2) is 0 Å². The number of hydrogen-bond acceptors (Lipinski definition) is 7. The number of nitrogens with one attached hydrogen (secondary N) is 1. The highest BCUT2D eigenvalue weighted by Gasteiger charge is 2.75. The van der Waals surface area contributed by atoms with E-state index in [1.165, 1.54) is 4.90 Å². The lowest BCUT2D eigenvalue weighted by Crippen LogP contribution is -2.59. The van der Waals surface area contributed by atoms with E-state index in [0.717, 1.165) is 5.56 Å². The normalized spacial score (nSPS) is 27.0. The van der Waals surface area contributed by atoms with Gasteiger partial charge in [-0.1, -0.05) is 49.4 Å². The summed E-state index contributed by atoms with van der Waals surface area (Å²) in [7, 11) is 0. The fourth-order valence-corrected chi connectivity index (χ4v) is 6.97. The highest BCUT2D eigenvalue weighted by atomic mass is 16.5. The first kappa shape index (κ1) is 32.4. The van der Waals surface area contributed by atoms with Crippen LogP contribution in [0.5, 0.6) is 0 Å². The summed E-state index contributed by atoms with van der Waals surface area (Å²) in [6.45, 7) is 13.0. The topological polar surface area (TPSA) is 125 Å². The second-order valence-electron chi connectivity index (χ2n) is 11.9. The number of esters is 1. The molecule has 2 N–H and O–H groups in total. The molecule has 0 aliphatic carbocycles. The Morgan fingerprint density at radius 1 is 1.23 bits per heavy atom. The summed E-state index contributed by atoms with van der Waals surface area (Å²) in [5, 5.41) is 13.3. The average Bonchev–Trinajstić information content (AvgIpc) is 3.65. The van der Waals surface area contributed by atoms with Crippen LogP contribution < -0.4 is 5.32 Å². The molecule has 7 atom stereocenters. The minimum absolute atomic E-state index is 0.0751. The first-order chi connectivity index (χ1) is 20.6. The SMILES string of the molecule is C=CCCC(=O)OC[C@@H](NC(=O)[C@@H]1[C@@H]2CC[C@]3(O2)[C@H](C(=O)N(CC=C)C(C)C)N([C@@H](CC)CO)C(=O)[C@@H]13)c1ccccc1. The molecular formula is C33H45N3O7. The standard InChI is InChI=1S/C33H45N3O7/c1-6-9-15-26(38)42-20-24(22-13-11-10-12-14-22)34-30(39)27-25-16-17-33(43-25)28(27)31(40)36(23(8-3)19-37)29(33)32(41)35(18-7-2)21(4)5/h6-7,10-14,21,23-25,27-29,37H,1-2,8-9,15-20H2,3-5H3,(H,34,39)/t23-,24+,25-,27+,28+,29-,33+/m0/s1. The van der Waals surface area contributed by atoms with E-state index in [-0.39, 0.29) is 37.5 Å². The molecule has 1 aromatic carbocycles. The first-order valence-corrected chi connectivity index (χ1v) is 15.3. The molecule has 10 nitrogen and oxygen atoms in total. The van der Waals surface area contributed by atoms with Crippen molar-refractivity contribution in [2.24, 2.45) is 11.8 Å². The van der Waals surface area contributed by atoms with E-state index < -0.39 is 53.5 Å². The van der Waals surface area contributed by atoms with Crippen LogP contribution in [0.1, 0.15) is 64.5 Å². The number of benzene rings is 1. The fourth-order valence-electron chi connectivity index (χ4n) is 6.97. The van der Waals surface area contributed by atoms with Crippen molar-refractivity contribution in [3.63, 3.8) is 0 Å². The van der Waals surface area contributed by atoms with E-state index in [1.807, 2.05) is 51.1 Å². The van der Waals surface area contributed by atoms with Crippen molar-refractivity contribution in [3.05, 3.63) is 61.2 Å². The van der Waals surface area contributed by atoms with Crippen LogP contribution in [0.4, 0.5) is 0 Å². The van der Waals surface area contributed by atoms with Gasteiger partial charge >= 0.3 is 5.97 Å². The molecule has 0 unspecified atom stereocenters. The monoisotopic (exact) mass is 595 g/mol. The molecule has 1 aromatic rings. The molecule has 10 heteroatoms. The van der Waals surface area contributed by atoms with Gasteiger partial charge in [0.05, 0.1) is 36.6 Å². The Morgan fingerprint density at radius 2 is 1.95 bits per heavy atom. The molecule has 234 valence electrons. The van der Waals surface area contributed by atoms with E-state index in [2.05, 4.69) is 18.5 Å². The number of aliphatic hydroxyl groups is 1. The van der Waals surface area contributed by atoms with Gasteiger partial charge in [-0.2, -0.15) is 0 Å². The van der Waals surface area contributed by atoms with Crippen LogP contribution in [0.15, 0.2) is 55.6 Å². The summed E-state index contributed by atoms with van der Waals surface area (Å²) in [5.41, 5.74) is -0.432. The third kappa shape index (κ3) is 6.13. The van der Waals surface area contributed by atoms with Crippen LogP contribution in [-0.4, -0.2) is 88.2 Å². The van der Waals surface area contributed by atoms with Crippen LogP contribution >= 0.6 is 0 Å². The molecule has 3 fully saturated rings. The van der Waals surface area contributed by atoms with Gasteiger partial charge in [0.1, 0.15) is 18.2 Å². The average molecular weight is 596 g/mol. The third-order valence-corrected chi connectivity index (χ3v) is 9.06. The number of fused-ring (bicyclic) bond motifs is 1. The van der Waals surface area contributed by atoms with Crippen LogP contribution in [0.25, 0.3) is 0 Å². The summed E-state index contributed by atoms with van der Waals surface area (Å²) in [5.74, 6) is -3.14. The van der Waals surface area contributed by atoms with E-state index in [4.69, 9.17) is 9.47 Å². The maximum Gasteiger partial charge on any atom is 0.306 e. The van der Waals surface area contributed by atoms with Gasteiger partial charge < -0.3 is 29.7 Å². The van der Waals surface area contributed by atoms with Crippen molar-refractivity contribution >= 4 is 23.7 Å². The first-order valence-electron chi connectivity index (χ1n) is 15.3. The van der Waals surface area contributed by atoms with Crippen molar-refractivity contribution in [1.29, 1.82) is 0 Å². The molecule has 3 aliphatic heterocycles. The molecule has 3 heterocycles. The smallest absolute Gasteiger partial charge is 0.306 e. The highest BCUT2D eigenvalue weighted by Crippen LogP contribution is 2.59. The Morgan fingerprint density at radius 3 is 2.56 bits per heavy atom. The molecule has 3 amide bonds. The van der Waals surface area contributed by atoms with Gasteiger partial charge in [-0.25, -0.2) is 0 Å². The largest absolute Gasteiger partial charge is 0.463 e. The Labute approximate surface area is 254 Å². The molecule has 0 radical (unpaired) electrons. The van der Waals surface area contributed by atoms with Crippen LogP contribution in [0.3, 0.4) is 0 Å². The predicted octanol–water partition coefficient (Wildman–Crippen LogP) is 2.92. The van der Waals surface area contributed by atoms with Crippen molar-refractivity contribution in [3.8, 4) is 0 Å². The molecule has 4 rings (SSSR count). The summed E-state index contributed by atoms with van der Waals surface area (Å²) in [6, 6.07) is 6.82. The summed E-state index contributed by atoms with van der Waals surface area (Å²) < 4.78 is 12.1. The van der Waals surface area contributed by atoms with Gasteiger partial charge in [-0.05, 0) is 45.1 Å². The third-order valence-electron chi connectivity index (χ3n) is 9.06. The Kier molecular flexibility index (Phi) is 10.4. The number of hydrogen-bond donors (Lipinski definition) is 2. The van der Waals surface area contributed by atoms with E-state index in [9.17, 15) is 24.3 Å². The van der Waals surface area contributed by atoms with Gasteiger partial charge in [-0.15, -0.1) is 13.2 Å². The lowest BCUT2D eigenvalue weighted by molar-refractivity contribution is -0.152. The zero-order valence-corrected chi connectivity index (χ0v) is 25.4. The minimum Gasteiger partial charge on any atom is -0.463 e.